The van der Waals surface area contributed by atoms with Gasteiger partial charge in [0.05, 0.1) is 7.11 Å². The van der Waals surface area contributed by atoms with Gasteiger partial charge in [0.25, 0.3) is 0 Å². The minimum atomic E-state index is 0.186. The Balaban J connectivity index is 1.82. The molecule has 3 heteroatoms. The molecule has 0 saturated carbocycles. The van der Waals surface area contributed by atoms with Crippen molar-refractivity contribution in [3.8, 4) is 11.5 Å². The third kappa shape index (κ3) is 3.75. The fourth-order valence-corrected chi connectivity index (χ4v) is 2.19. The van der Waals surface area contributed by atoms with E-state index in [2.05, 4.69) is 36.5 Å². The fourth-order valence-electron chi connectivity index (χ4n) is 2.19. The standard InChI is InChI=1S/C17H21NO2/c1-13-5-3-4-6-15(13)9-10-18-12-14-7-8-17(20-2)16(19)11-14/h3-8,11,18-19H,9-10,12H2,1-2H3. The first-order valence-corrected chi connectivity index (χ1v) is 6.82. The smallest absolute Gasteiger partial charge is 0.160 e. The Labute approximate surface area is 120 Å². The second-order valence-corrected chi connectivity index (χ2v) is 4.86. The van der Waals surface area contributed by atoms with Gasteiger partial charge in [0, 0.05) is 6.54 Å². The second kappa shape index (κ2) is 6.96. The number of phenolic OH excluding ortho intramolecular Hbond substituents is 1. The van der Waals surface area contributed by atoms with E-state index in [9.17, 15) is 5.11 Å². The summed E-state index contributed by atoms with van der Waals surface area (Å²) in [6.45, 7) is 3.79. The lowest BCUT2D eigenvalue weighted by atomic mass is 10.1. The van der Waals surface area contributed by atoms with Crippen molar-refractivity contribution in [3.05, 3.63) is 59.2 Å². The molecule has 2 aromatic carbocycles. The Kier molecular flexibility index (Phi) is 5.02. The molecule has 0 spiro atoms. The van der Waals surface area contributed by atoms with Gasteiger partial charge >= 0.3 is 0 Å². The predicted molar refractivity (Wildman–Crippen MR) is 81.2 cm³/mol. The van der Waals surface area contributed by atoms with Crippen LogP contribution in [0, 0.1) is 6.92 Å². The summed E-state index contributed by atoms with van der Waals surface area (Å²) < 4.78 is 5.03. The fraction of sp³-hybridized carbons (Fsp3) is 0.294. The van der Waals surface area contributed by atoms with Crippen LogP contribution in [0.5, 0.6) is 11.5 Å². The van der Waals surface area contributed by atoms with E-state index in [0.29, 0.717) is 5.75 Å². The van der Waals surface area contributed by atoms with E-state index in [-0.39, 0.29) is 5.75 Å². The highest BCUT2D eigenvalue weighted by Crippen LogP contribution is 2.25. The van der Waals surface area contributed by atoms with Crippen molar-refractivity contribution < 1.29 is 9.84 Å². The highest BCUT2D eigenvalue weighted by molar-refractivity contribution is 5.41. The number of nitrogens with one attached hydrogen (secondary N) is 1. The highest BCUT2D eigenvalue weighted by atomic mass is 16.5. The van der Waals surface area contributed by atoms with Gasteiger partial charge in [-0.15, -0.1) is 0 Å². The molecule has 0 aliphatic carbocycles. The van der Waals surface area contributed by atoms with E-state index in [1.54, 1.807) is 19.2 Å². The molecule has 3 nitrogen and oxygen atoms in total. The first-order valence-electron chi connectivity index (χ1n) is 6.82. The molecule has 2 N–H and O–H groups in total. The molecule has 0 saturated heterocycles. The topological polar surface area (TPSA) is 41.5 Å². The van der Waals surface area contributed by atoms with E-state index in [0.717, 1.165) is 25.1 Å². The van der Waals surface area contributed by atoms with Gasteiger partial charge in [-0.1, -0.05) is 30.3 Å². The number of phenols is 1. The van der Waals surface area contributed by atoms with Crippen LogP contribution in [0.2, 0.25) is 0 Å². The van der Waals surface area contributed by atoms with E-state index in [1.165, 1.54) is 11.1 Å². The largest absolute Gasteiger partial charge is 0.504 e. The zero-order valence-corrected chi connectivity index (χ0v) is 12.0. The van der Waals surface area contributed by atoms with Crippen molar-refractivity contribution in [2.45, 2.75) is 19.9 Å². The Morgan fingerprint density at radius 3 is 2.65 bits per heavy atom. The van der Waals surface area contributed by atoms with Crippen molar-refractivity contribution in [1.82, 2.24) is 5.32 Å². The lowest BCUT2D eigenvalue weighted by Crippen LogP contribution is -2.17. The summed E-state index contributed by atoms with van der Waals surface area (Å²) >= 11 is 0. The lowest BCUT2D eigenvalue weighted by Gasteiger charge is -2.09. The van der Waals surface area contributed by atoms with Crippen LogP contribution >= 0.6 is 0 Å². The summed E-state index contributed by atoms with van der Waals surface area (Å²) in [6.07, 6.45) is 1.01. The van der Waals surface area contributed by atoms with Gasteiger partial charge in [-0.3, -0.25) is 0 Å². The van der Waals surface area contributed by atoms with E-state index >= 15 is 0 Å². The summed E-state index contributed by atoms with van der Waals surface area (Å²) in [5.74, 6) is 0.694. The van der Waals surface area contributed by atoms with E-state index < -0.39 is 0 Å². The zero-order chi connectivity index (χ0) is 14.4. The predicted octanol–water partition coefficient (Wildman–Crippen LogP) is 3.04. The molecule has 0 bridgehead atoms. The average molecular weight is 271 g/mol. The monoisotopic (exact) mass is 271 g/mol. The molecular formula is C17H21NO2. The second-order valence-electron chi connectivity index (χ2n) is 4.86. The van der Waals surface area contributed by atoms with Crippen molar-refractivity contribution >= 4 is 0 Å². The van der Waals surface area contributed by atoms with Gasteiger partial charge in [-0.2, -0.15) is 0 Å². The molecule has 0 aliphatic heterocycles. The number of hydrogen-bond donors (Lipinski definition) is 2. The highest BCUT2D eigenvalue weighted by Gasteiger charge is 2.02. The quantitative estimate of drug-likeness (QED) is 0.793. The molecule has 0 aliphatic rings. The van der Waals surface area contributed by atoms with Crippen molar-refractivity contribution in [2.24, 2.45) is 0 Å². The maximum Gasteiger partial charge on any atom is 0.160 e. The summed E-state index contributed by atoms with van der Waals surface area (Å²) in [5.41, 5.74) is 3.75. The molecule has 20 heavy (non-hydrogen) atoms. The van der Waals surface area contributed by atoms with Crippen LogP contribution in [-0.2, 0) is 13.0 Å². The third-order valence-electron chi connectivity index (χ3n) is 3.40. The number of benzene rings is 2. The van der Waals surface area contributed by atoms with E-state index in [1.807, 2.05) is 6.07 Å². The number of rotatable bonds is 6. The third-order valence-corrected chi connectivity index (χ3v) is 3.40. The van der Waals surface area contributed by atoms with Crippen LogP contribution in [0.1, 0.15) is 16.7 Å². The first-order chi connectivity index (χ1) is 9.70. The van der Waals surface area contributed by atoms with Gasteiger partial charge < -0.3 is 15.2 Å². The molecule has 0 atom stereocenters. The van der Waals surface area contributed by atoms with Crippen LogP contribution in [0.4, 0.5) is 0 Å². The van der Waals surface area contributed by atoms with Gasteiger partial charge in [0.2, 0.25) is 0 Å². The van der Waals surface area contributed by atoms with Crippen LogP contribution in [-0.4, -0.2) is 18.8 Å². The van der Waals surface area contributed by atoms with Crippen LogP contribution in [0.3, 0.4) is 0 Å². The normalized spacial score (nSPS) is 10.5. The number of aromatic hydroxyl groups is 1. The Hall–Kier alpha value is -2.00. The van der Waals surface area contributed by atoms with Crippen molar-refractivity contribution in [3.63, 3.8) is 0 Å². The lowest BCUT2D eigenvalue weighted by molar-refractivity contribution is 0.373. The maximum absolute atomic E-state index is 9.71. The minimum absolute atomic E-state index is 0.186. The number of hydrogen-bond acceptors (Lipinski definition) is 3. The molecule has 0 radical (unpaired) electrons. The average Bonchev–Trinajstić information content (AvgIpc) is 2.45. The molecule has 106 valence electrons. The molecule has 0 aromatic heterocycles. The number of aryl methyl sites for hydroxylation is 1. The zero-order valence-electron chi connectivity index (χ0n) is 12.0. The number of ether oxygens (including phenoxy) is 1. The molecule has 0 unspecified atom stereocenters. The Morgan fingerprint density at radius 1 is 1.15 bits per heavy atom. The van der Waals surface area contributed by atoms with Gasteiger partial charge in [0.15, 0.2) is 11.5 Å². The minimum Gasteiger partial charge on any atom is -0.504 e. The summed E-state index contributed by atoms with van der Waals surface area (Å²) in [7, 11) is 1.55. The molecule has 2 aromatic rings. The van der Waals surface area contributed by atoms with Crippen molar-refractivity contribution in [2.75, 3.05) is 13.7 Å². The summed E-state index contributed by atoms with van der Waals surface area (Å²) in [5, 5.41) is 13.1. The molecule has 0 amide bonds. The van der Waals surface area contributed by atoms with Crippen molar-refractivity contribution in [1.29, 1.82) is 0 Å². The van der Waals surface area contributed by atoms with E-state index in [4.69, 9.17) is 4.74 Å². The summed E-state index contributed by atoms with van der Waals surface area (Å²) in [6, 6.07) is 13.9. The maximum atomic E-state index is 9.71. The first kappa shape index (κ1) is 14.4. The Morgan fingerprint density at radius 2 is 1.95 bits per heavy atom. The summed E-state index contributed by atoms with van der Waals surface area (Å²) in [4.78, 5) is 0. The van der Waals surface area contributed by atoms with Gasteiger partial charge in [0.1, 0.15) is 0 Å². The molecule has 0 heterocycles. The van der Waals surface area contributed by atoms with Crippen LogP contribution in [0.15, 0.2) is 42.5 Å². The molecular weight excluding hydrogens is 250 g/mol. The Bertz CT molecular complexity index is 567. The van der Waals surface area contributed by atoms with Gasteiger partial charge in [-0.05, 0) is 48.7 Å². The van der Waals surface area contributed by atoms with Crippen LogP contribution in [0.25, 0.3) is 0 Å². The molecule has 2 rings (SSSR count). The van der Waals surface area contributed by atoms with Crippen LogP contribution < -0.4 is 10.1 Å². The number of methoxy groups -OCH3 is 1. The molecule has 0 fully saturated rings. The SMILES string of the molecule is COc1ccc(CNCCc2ccccc2C)cc1O. The van der Waals surface area contributed by atoms with Gasteiger partial charge in [-0.25, -0.2) is 0 Å².